The number of hydrogen-bond acceptors (Lipinski definition) is 3. The fraction of sp³-hybridized carbons (Fsp3) is 0.438. The van der Waals surface area contributed by atoms with Crippen molar-refractivity contribution in [1.82, 2.24) is 14.7 Å². The minimum absolute atomic E-state index is 0.532. The molecule has 3 rings (SSSR count). The Balaban J connectivity index is 1.60. The third kappa shape index (κ3) is 3.02. The van der Waals surface area contributed by atoms with E-state index in [1.54, 1.807) is 0 Å². The van der Waals surface area contributed by atoms with E-state index in [1.807, 2.05) is 16.9 Å². The van der Waals surface area contributed by atoms with Gasteiger partial charge in [0.25, 0.3) is 0 Å². The molecule has 1 fully saturated rings. The van der Waals surface area contributed by atoms with Crippen molar-refractivity contribution in [3.8, 4) is 0 Å². The highest BCUT2D eigenvalue weighted by atomic mass is 15.3. The third-order valence-corrected chi connectivity index (χ3v) is 4.08. The summed E-state index contributed by atoms with van der Waals surface area (Å²) >= 11 is 0. The number of hydrogen-bond donors (Lipinski definition) is 1. The van der Waals surface area contributed by atoms with Gasteiger partial charge in [-0.2, -0.15) is 5.10 Å². The predicted octanol–water partition coefficient (Wildman–Crippen LogP) is 2.44. The first kappa shape index (κ1) is 13.2. The zero-order valence-electron chi connectivity index (χ0n) is 12.2. The summed E-state index contributed by atoms with van der Waals surface area (Å²) in [6.45, 7) is 4.20. The lowest BCUT2D eigenvalue weighted by Gasteiger charge is -2.13. The molecular weight excluding hydrogens is 248 g/mol. The van der Waals surface area contributed by atoms with Crippen LogP contribution in [-0.2, 0) is 6.54 Å². The molecule has 2 unspecified atom stereocenters. The molecule has 1 aromatic carbocycles. The van der Waals surface area contributed by atoms with Gasteiger partial charge >= 0.3 is 0 Å². The van der Waals surface area contributed by atoms with Gasteiger partial charge in [-0.1, -0.05) is 30.3 Å². The van der Waals surface area contributed by atoms with E-state index >= 15 is 0 Å². The second kappa shape index (κ2) is 5.67. The van der Waals surface area contributed by atoms with Gasteiger partial charge in [0.2, 0.25) is 0 Å². The van der Waals surface area contributed by atoms with Crippen LogP contribution in [0.4, 0.5) is 5.69 Å². The molecular formula is C16H22N4. The third-order valence-electron chi connectivity index (χ3n) is 4.08. The quantitative estimate of drug-likeness (QED) is 0.926. The Morgan fingerprint density at radius 1 is 1.30 bits per heavy atom. The standard InChI is InChI=1S/C16H22N4/c1-13-8-15(11-19(13)2)18-16-9-17-20(12-16)10-14-6-4-3-5-7-14/h3-7,9,12-13,15,18H,8,10-11H2,1-2H3. The SMILES string of the molecule is CC1CC(Nc2cnn(Cc3ccccc3)c2)CN1C. The number of likely N-dealkylation sites (N-methyl/N-ethyl adjacent to an activating group) is 1. The molecule has 1 N–H and O–H groups in total. The van der Waals surface area contributed by atoms with Gasteiger partial charge in [0.05, 0.1) is 18.4 Å². The summed E-state index contributed by atoms with van der Waals surface area (Å²) in [6.07, 6.45) is 5.21. The molecule has 20 heavy (non-hydrogen) atoms. The van der Waals surface area contributed by atoms with Crippen molar-refractivity contribution in [3.05, 3.63) is 48.3 Å². The minimum atomic E-state index is 0.532. The van der Waals surface area contributed by atoms with Gasteiger partial charge in [0.1, 0.15) is 0 Å². The first-order valence-corrected chi connectivity index (χ1v) is 7.24. The van der Waals surface area contributed by atoms with Crippen LogP contribution < -0.4 is 5.32 Å². The van der Waals surface area contributed by atoms with E-state index in [-0.39, 0.29) is 0 Å². The number of aromatic nitrogens is 2. The minimum Gasteiger partial charge on any atom is -0.378 e. The normalized spacial score (nSPS) is 23.1. The summed E-state index contributed by atoms with van der Waals surface area (Å²) in [5, 5.41) is 8.01. The summed E-state index contributed by atoms with van der Waals surface area (Å²) in [5.74, 6) is 0. The lowest BCUT2D eigenvalue weighted by atomic mass is 10.2. The molecule has 2 atom stereocenters. The molecule has 1 aliphatic heterocycles. The maximum absolute atomic E-state index is 4.43. The molecule has 4 nitrogen and oxygen atoms in total. The van der Waals surface area contributed by atoms with E-state index in [0.717, 1.165) is 18.8 Å². The van der Waals surface area contributed by atoms with Crippen LogP contribution >= 0.6 is 0 Å². The fourth-order valence-corrected chi connectivity index (χ4v) is 2.83. The smallest absolute Gasteiger partial charge is 0.0729 e. The molecule has 1 saturated heterocycles. The molecule has 4 heteroatoms. The first-order valence-electron chi connectivity index (χ1n) is 7.24. The second-order valence-corrected chi connectivity index (χ2v) is 5.78. The number of rotatable bonds is 4. The number of benzene rings is 1. The van der Waals surface area contributed by atoms with Gasteiger partial charge in [0, 0.05) is 24.8 Å². The van der Waals surface area contributed by atoms with Crippen LogP contribution in [0.3, 0.4) is 0 Å². The van der Waals surface area contributed by atoms with Gasteiger partial charge in [-0.05, 0) is 26.0 Å². The van der Waals surface area contributed by atoms with Crippen molar-refractivity contribution in [3.63, 3.8) is 0 Å². The highest BCUT2D eigenvalue weighted by Crippen LogP contribution is 2.19. The molecule has 0 spiro atoms. The highest BCUT2D eigenvalue weighted by molar-refractivity contribution is 5.40. The van der Waals surface area contributed by atoms with Crippen molar-refractivity contribution in [2.45, 2.75) is 32.0 Å². The van der Waals surface area contributed by atoms with Crippen molar-refractivity contribution >= 4 is 5.69 Å². The van der Waals surface area contributed by atoms with Gasteiger partial charge < -0.3 is 10.2 Å². The van der Waals surface area contributed by atoms with Crippen molar-refractivity contribution in [2.75, 3.05) is 18.9 Å². The lowest BCUT2D eigenvalue weighted by molar-refractivity contribution is 0.330. The molecule has 0 aliphatic carbocycles. The lowest BCUT2D eigenvalue weighted by Crippen LogP contribution is -2.24. The van der Waals surface area contributed by atoms with Gasteiger partial charge in [-0.25, -0.2) is 0 Å². The Bertz CT molecular complexity index is 539. The average Bonchev–Trinajstić information content (AvgIpc) is 2.99. The number of nitrogens with zero attached hydrogens (tertiary/aromatic N) is 3. The van der Waals surface area contributed by atoms with Crippen LogP contribution in [-0.4, -0.2) is 40.4 Å². The molecule has 0 saturated carbocycles. The van der Waals surface area contributed by atoms with Crippen LogP contribution in [0, 0.1) is 0 Å². The van der Waals surface area contributed by atoms with Crippen LogP contribution in [0.2, 0.25) is 0 Å². The van der Waals surface area contributed by atoms with Crippen LogP contribution in [0.1, 0.15) is 18.9 Å². The van der Waals surface area contributed by atoms with E-state index in [1.165, 1.54) is 12.0 Å². The molecule has 2 aromatic rings. The zero-order chi connectivity index (χ0) is 13.9. The number of likely N-dealkylation sites (tertiary alicyclic amines) is 1. The Kier molecular flexibility index (Phi) is 3.74. The van der Waals surface area contributed by atoms with E-state index in [4.69, 9.17) is 0 Å². The van der Waals surface area contributed by atoms with Crippen molar-refractivity contribution < 1.29 is 0 Å². The predicted molar refractivity (Wildman–Crippen MR) is 81.9 cm³/mol. The number of anilines is 1. The highest BCUT2D eigenvalue weighted by Gasteiger charge is 2.25. The molecule has 0 radical (unpaired) electrons. The topological polar surface area (TPSA) is 33.1 Å². The average molecular weight is 270 g/mol. The fourth-order valence-electron chi connectivity index (χ4n) is 2.83. The Morgan fingerprint density at radius 3 is 2.80 bits per heavy atom. The van der Waals surface area contributed by atoms with E-state index in [0.29, 0.717) is 12.1 Å². The zero-order valence-corrected chi connectivity index (χ0v) is 12.2. The molecule has 1 aromatic heterocycles. The molecule has 0 amide bonds. The maximum Gasteiger partial charge on any atom is 0.0729 e. The summed E-state index contributed by atoms with van der Waals surface area (Å²) in [4.78, 5) is 2.39. The summed E-state index contributed by atoms with van der Waals surface area (Å²) < 4.78 is 1.99. The molecule has 0 bridgehead atoms. The molecule has 1 aliphatic rings. The number of nitrogens with one attached hydrogen (secondary N) is 1. The second-order valence-electron chi connectivity index (χ2n) is 5.78. The van der Waals surface area contributed by atoms with Crippen molar-refractivity contribution in [2.24, 2.45) is 0 Å². The Labute approximate surface area is 120 Å². The summed E-state index contributed by atoms with van der Waals surface area (Å²) in [5.41, 5.74) is 2.39. The maximum atomic E-state index is 4.43. The van der Waals surface area contributed by atoms with Crippen LogP contribution in [0.15, 0.2) is 42.7 Å². The Hall–Kier alpha value is -1.81. The van der Waals surface area contributed by atoms with Gasteiger partial charge in [0.15, 0.2) is 0 Å². The van der Waals surface area contributed by atoms with E-state index in [9.17, 15) is 0 Å². The summed E-state index contributed by atoms with van der Waals surface area (Å²) in [7, 11) is 2.19. The van der Waals surface area contributed by atoms with Crippen LogP contribution in [0.25, 0.3) is 0 Å². The van der Waals surface area contributed by atoms with Gasteiger partial charge in [-0.15, -0.1) is 0 Å². The van der Waals surface area contributed by atoms with Crippen molar-refractivity contribution in [1.29, 1.82) is 0 Å². The molecule has 106 valence electrons. The largest absolute Gasteiger partial charge is 0.378 e. The Morgan fingerprint density at radius 2 is 2.10 bits per heavy atom. The first-order chi connectivity index (χ1) is 9.70. The molecule has 2 heterocycles. The van der Waals surface area contributed by atoms with Gasteiger partial charge in [-0.3, -0.25) is 4.68 Å². The monoisotopic (exact) mass is 270 g/mol. The van der Waals surface area contributed by atoms with E-state index in [2.05, 4.69) is 59.7 Å². The van der Waals surface area contributed by atoms with E-state index < -0.39 is 0 Å². The van der Waals surface area contributed by atoms with Crippen LogP contribution in [0.5, 0.6) is 0 Å². The summed E-state index contributed by atoms with van der Waals surface area (Å²) in [6, 6.07) is 11.6.